The molecule has 0 spiro atoms. The third-order valence-electron chi connectivity index (χ3n) is 4.78. The number of halogens is 1. The standard InChI is InChI=1S/C18H22N2O3.ClH/c21-13(10-20-8-7-19-12-20)11-22-14-5-6-18-16(9-14)15-3-1-2-4-17(15)23-18;/h5-9,12-13,15,17,21H,1-4,10-11H2;1H. The Labute approximate surface area is 148 Å². The van der Waals surface area contributed by atoms with Crippen LogP contribution in [-0.4, -0.2) is 33.5 Å². The highest BCUT2D eigenvalue weighted by Crippen LogP contribution is 2.46. The maximum absolute atomic E-state index is 10.1. The van der Waals surface area contributed by atoms with Crippen molar-refractivity contribution in [3.05, 3.63) is 42.5 Å². The lowest BCUT2D eigenvalue weighted by Crippen LogP contribution is -2.23. The molecule has 3 unspecified atom stereocenters. The van der Waals surface area contributed by atoms with Gasteiger partial charge in [0.25, 0.3) is 0 Å². The number of aliphatic hydroxyl groups excluding tert-OH is 1. The summed E-state index contributed by atoms with van der Waals surface area (Å²) in [7, 11) is 0. The number of benzene rings is 1. The van der Waals surface area contributed by atoms with Gasteiger partial charge in [-0.25, -0.2) is 4.98 Å². The molecule has 2 heterocycles. The van der Waals surface area contributed by atoms with Crippen LogP contribution in [-0.2, 0) is 6.54 Å². The molecule has 1 aliphatic heterocycles. The van der Waals surface area contributed by atoms with Gasteiger partial charge in [-0.2, -0.15) is 0 Å². The third-order valence-corrected chi connectivity index (χ3v) is 4.78. The second-order valence-corrected chi connectivity index (χ2v) is 6.47. The molecule has 2 aromatic rings. The van der Waals surface area contributed by atoms with Gasteiger partial charge in [0.2, 0.25) is 0 Å². The van der Waals surface area contributed by atoms with E-state index in [9.17, 15) is 5.11 Å². The number of fused-ring (bicyclic) bond motifs is 3. The van der Waals surface area contributed by atoms with E-state index >= 15 is 0 Å². The zero-order valence-electron chi connectivity index (χ0n) is 13.5. The van der Waals surface area contributed by atoms with Crippen LogP contribution in [0.15, 0.2) is 36.9 Å². The quantitative estimate of drug-likeness (QED) is 0.900. The monoisotopic (exact) mass is 350 g/mol. The van der Waals surface area contributed by atoms with Crippen LogP contribution in [0.25, 0.3) is 0 Å². The van der Waals surface area contributed by atoms with Crippen LogP contribution in [0, 0.1) is 0 Å². The highest BCUT2D eigenvalue weighted by atomic mass is 35.5. The normalized spacial score (nSPS) is 22.7. The average molecular weight is 351 g/mol. The van der Waals surface area contributed by atoms with Crippen molar-refractivity contribution in [2.75, 3.05) is 6.61 Å². The molecule has 24 heavy (non-hydrogen) atoms. The van der Waals surface area contributed by atoms with Crippen molar-refractivity contribution < 1.29 is 14.6 Å². The summed E-state index contributed by atoms with van der Waals surface area (Å²) in [6, 6.07) is 6.03. The van der Waals surface area contributed by atoms with Gasteiger partial charge in [-0.1, -0.05) is 6.42 Å². The summed E-state index contributed by atoms with van der Waals surface area (Å²) in [5, 5.41) is 10.1. The smallest absolute Gasteiger partial charge is 0.123 e. The van der Waals surface area contributed by atoms with Crippen LogP contribution in [0.2, 0.25) is 0 Å². The number of hydrogen-bond acceptors (Lipinski definition) is 4. The lowest BCUT2D eigenvalue weighted by molar-refractivity contribution is 0.0924. The van der Waals surface area contributed by atoms with E-state index in [0.717, 1.165) is 17.9 Å². The zero-order valence-corrected chi connectivity index (χ0v) is 14.3. The topological polar surface area (TPSA) is 56.5 Å². The van der Waals surface area contributed by atoms with Gasteiger partial charge in [-0.15, -0.1) is 12.4 Å². The van der Waals surface area contributed by atoms with Crippen molar-refractivity contribution in [2.45, 2.75) is 50.4 Å². The maximum Gasteiger partial charge on any atom is 0.123 e. The Hall–Kier alpha value is -1.72. The average Bonchev–Trinajstić information content (AvgIpc) is 3.20. The molecule has 130 valence electrons. The predicted molar refractivity (Wildman–Crippen MR) is 93.0 cm³/mol. The Morgan fingerprint density at radius 2 is 2.21 bits per heavy atom. The summed E-state index contributed by atoms with van der Waals surface area (Å²) in [5.41, 5.74) is 1.27. The first-order chi connectivity index (χ1) is 11.3. The number of aromatic nitrogens is 2. The van der Waals surface area contributed by atoms with Crippen molar-refractivity contribution in [1.82, 2.24) is 9.55 Å². The van der Waals surface area contributed by atoms with Crippen LogP contribution in [0.1, 0.15) is 37.2 Å². The summed E-state index contributed by atoms with van der Waals surface area (Å²) < 4.78 is 13.7. The first kappa shape index (κ1) is 17.1. The van der Waals surface area contributed by atoms with Crippen LogP contribution < -0.4 is 9.47 Å². The van der Waals surface area contributed by atoms with E-state index in [2.05, 4.69) is 11.1 Å². The van der Waals surface area contributed by atoms with Crippen molar-refractivity contribution in [1.29, 1.82) is 0 Å². The third kappa shape index (κ3) is 3.52. The molecule has 0 amide bonds. The summed E-state index contributed by atoms with van der Waals surface area (Å²) in [5.74, 6) is 2.33. The molecule has 1 N–H and O–H groups in total. The fourth-order valence-electron chi connectivity index (χ4n) is 3.65. The summed E-state index contributed by atoms with van der Waals surface area (Å²) in [4.78, 5) is 3.97. The van der Waals surface area contributed by atoms with E-state index in [4.69, 9.17) is 9.47 Å². The second-order valence-electron chi connectivity index (χ2n) is 6.47. The van der Waals surface area contributed by atoms with Crippen molar-refractivity contribution in [3.8, 4) is 11.5 Å². The minimum absolute atomic E-state index is 0. The highest BCUT2D eigenvalue weighted by molar-refractivity contribution is 5.85. The molecule has 4 rings (SSSR count). The van der Waals surface area contributed by atoms with Crippen LogP contribution in [0.5, 0.6) is 11.5 Å². The summed E-state index contributed by atoms with van der Waals surface area (Å²) >= 11 is 0. The van der Waals surface area contributed by atoms with Crippen LogP contribution >= 0.6 is 12.4 Å². The largest absolute Gasteiger partial charge is 0.491 e. The van der Waals surface area contributed by atoms with Gasteiger partial charge in [0.15, 0.2) is 0 Å². The van der Waals surface area contributed by atoms with E-state index < -0.39 is 6.10 Å². The Kier molecular flexibility index (Phi) is 5.31. The number of aliphatic hydroxyl groups is 1. The first-order valence-electron chi connectivity index (χ1n) is 8.37. The van der Waals surface area contributed by atoms with Crippen molar-refractivity contribution in [2.24, 2.45) is 0 Å². The molecule has 0 bridgehead atoms. The molecule has 2 aliphatic rings. The van der Waals surface area contributed by atoms with E-state index in [1.54, 1.807) is 12.5 Å². The molecule has 6 heteroatoms. The van der Waals surface area contributed by atoms with Gasteiger partial charge in [0.05, 0.1) is 12.9 Å². The zero-order chi connectivity index (χ0) is 15.6. The van der Waals surface area contributed by atoms with E-state index in [1.807, 2.05) is 22.9 Å². The molecule has 1 fully saturated rings. The van der Waals surface area contributed by atoms with E-state index in [-0.39, 0.29) is 19.0 Å². The minimum atomic E-state index is -0.559. The minimum Gasteiger partial charge on any atom is -0.491 e. The number of ether oxygens (including phenoxy) is 2. The molecule has 1 aromatic heterocycles. The lowest BCUT2D eigenvalue weighted by atomic mass is 9.83. The Balaban J connectivity index is 0.00000169. The molecule has 5 nitrogen and oxygen atoms in total. The van der Waals surface area contributed by atoms with Gasteiger partial charge >= 0.3 is 0 Å². The lowest BCUT2D eigenvalue weighted by Gasteiger charge is -2.23. The highest BCUT2D eigenvalue weighted by Gasteiger charge is 2.36. The van der Waals surface area contributed by atoms with Gasteiger partial charge in [-0.05, 0) is 37.5 Å². The summed E-state index contributed by atoms with van der Waals surface area (Å²) in [6.45, 7) is 0.755. The van der Waals surface area contributed by atoms with E-state index in [1.165, 1.54) is 24.8 Å². The molecule has 1 aromatic carbocycles. The second kappa shape index (κ2) is 7.45. The van der Waals surface area contributed by atoms with Crippen LogP contribution in [0.4, 0.5) is 0 Å². The fraction of sp³-hybridized carbons (Fsp3) is 0.500. The molecular weight excluding hydrogens is 328 g/mol. The Morgan fingerprint density at radius 3 is 3.04 bits per heavy atom. The summed E-state index contributed by atoms with van der Waals surface area (Å²) in [6.07, 6.45) is 9.91. The number of nitrogens with zero attached hydrogens (tertiary/aromatic N) is 2. The number of rotatable bonds is 5. The van der Waals surface area contributed by atoms with Crippen molar-refractivity contribution in [3.63, 3.8) is 0 Å². The Bertz CT molecular complexity index is 662. The molecule has 0 saturated heterocycles. The van der Waals surface area contributed by atoms with E-state index in [0.29, 0.717) is 18.6 Å². The molecule has 0 radical (unpaired) electrons. The predicted octanol–water partition coefficient (Wildman–Crippen LogP) is 3.16. The first-order valence-corrected chi connectivity index (χ1v) is 8.37. The SMILES string of the molecule is Cl.OC(COc1ccc2c(c1)C1CCCCC1O2)Cn1ccnc1. The Morgan fingerprint density at radius 1 is 1.33 bits per heavy atom. The molecule has 1 aliphatic carbocycles. The van der Waals surface area contributed by atoms with Crippen LogP contribution in [0.3, 0.4) is 0 Å². The van der Waals surface area contributed by atoms with Gasteiger partial charge in [0, 0.05) is 23.9 Å². The number of hydrogen-bond donors (Lipinski definition) is 1. The maximum atomic E-state index is 10.1. The fourth-order valence-corrected chi connectivity index (χ4v) is 3.65. The van der Waals surface area contributed by atoms with Gasteiger partial charge in [-0.3, -0.25) is 0 Å². The molecular formula is C18H23ClN2O3. The van der Waals surface area contributed by atoms with Gasteiger partial charge < -0.3 is 19.1 Å². The molecule has 3 atom stereocenters. The number of imidazole rings is 1. The molecule has 1 saturated carbocycles. The van der Waals surface area contributed by atoms with Gasteiger partial charge in [0.1, 0.15) is 30.3 Å². The van der Waals surface area contributed by atoms with Crippen molar-refractivity contribution >= 4 is 12.4 Å².